The predicted molar refractivity (Wildman–Crippen MR) is 70.1 cm³/mol. The molecule has 4 unspecified atom stereocenters. The van der Waals surface area contributed by atoms with Gasteiger partial charge in [0.2, 0.25) is 5.91 Å². The number of hydrogen-bond donors (Lipinski definition) is 1. The summed E-state index contributed by atoms with van der Waals surface area (Å²) in [4.78, 5) is 16.8. The van der Waals surface area contributed by atoms with Gasteiger partial charge in [0.1, 0.15) is 0 Å². The van der Waals surface area contributed by atoms with Crippen LogP contribution in [0.5, 0.6) is 0 Å². The number of nitrogens with two attached hydrogens (primary N) is 1. The molecule has 18 heavy (non-hydrogen) atoms. The molecule has 0 radical (unpaired) electrons. The van der Waals surface area contributed by atoms with Gasteiger partial charge in [-0.05, 0) is 26.9 Å². The van der Waals surface area contributed by atoms with Crippen LogP contribution in [0, 0.1) is 11.3 Å². The van der Waals surface area contributed by atoms with Crippen LogP contribution >= 0.6 is 0 Å². The van der Waals surface area contributed by atoms with E-state index < -0.39 is 5.41 Å². The Bertz CT molecular complexity index is 334. The lowest BCUT2D eigenvalue weighted by molar-refractivity contribution is -0.140. The van der Waals surface area contributed by atoms with Crippen LogP contribution in [0.4, 0.5) is 0 Å². The molecule has 2 fully saturated rings. The number of nitrogens with zero attached hydrogens (tertiary/aromatic N) is 2. The van der Waals surface area contributed by atoms with Gasteiger partial charge in [0.15, 0.2) is 0 Å². The summed E-state index contributed by atoms with van der Waals surface area (Å²) in [5.41, 5.74) is 5.49. The Morgan fingerprint density at radius 1 is 1.44 bits per heavy atom. The zero-order chi connectivity index (χ0) is 13.5. The van der Waals surface area contributed by atoms with E-state index in [4.69, 9.17) is 10.5 Å². The highest BCUT2D eigenvalue weighted by molar-refractivity contribution is 5.84. The molecule has 0 spiro atoms. The average molecular weight is 255 g/mol. The molecule has 2 heterocycles. The minimum atomic E-state index is -0.541. The lowest BCUT2D eigenvalue weighted by atomic mass is 9.84. The van der Waals surface area contributed by atoms with Crippen molar-refractivity contribution in [2.45, 2.75) is 25.9 Å². The smallest absolute Gasteiger partial charge is 0.232 e. The van der Waals surface area contributed by atoms with E-state index in [1.165, 1.54) is 0 Å². The van der Waals surface area contributed by atoms with Gasteiger partial charge in [0.05, 0.1) is 18.6 Å². The second-order valence-electron chi connectivity index (χ2n) is 6.26. The Labute approximate surface area is 109 Å². The summed E-state index contributed by atoms with van der Waals surface area (Å²) >= 11 is 0. The Hall–Kier alpha value is -0.650. The molecule has 0 aromatic carbocycles. The van der Waals surface area contributed by atoms with Crippen LogP contribution in [0.1, 0.15) is 13.8 Å². The molecule has 0 aromatic heterocycles. The average Bonchev–Trinajstić information content (AvgIpc) is 2.83. The van der Waals surface area contributed by atoms with Crippen molar-refractivity contribution >= 4 is 5.91 Å². The molecule has 5 heteroatoms. The number of carbonyl (C=O) groups excluding carboxylic acids is 1. The number of carbonyl (C=O) groups is 1. The first-order chi connectivity index (χ1) is 8.36. The zero-order valence-corrected chi connectivity index (χ0v) is 11.8. The Morgan fingerprint density at radius 2 is 2.11 bits per heavy atom. The van der Waals surface area contributed by atoms with E-state index in [0.717, 1.165) is 13.1 Å². The minimum absolute atomic E-state index is 0.156. The van der Waals surface area contributed by atoms with Crippen molar-refractivity contribution in [1.82, 2.24) is 9.80 Å². The van der Waals surface area contributed by atoms with E-state index in [0.29, 0.717) is 25.2 Å². The van der Waals surface area contributed by atoms with E-state index in [2.05, 4.69) is 25.9 Å². The monoisotopic (exact) mass is 255 g/mol. The van der Waals surface area contributed by atoms with E-state index >= 15 is 0 Å². The summed E-state index contributed by atoms with van der Waals surface area (Å²) in [5, 5.41) is 0. The van der Waals surface area contributed by atoms with Crippen LogP contribution in [0.15, 0.2) is 0 Å². The van der Waals surface area contributed by atoms with Crippen molar-refractivity contribution in [1.29, 1.82) is 0 Å². The van der Waals surface area contributed by atoms with Gasteiger partial charge >= 0.3 is 0 Å². The molecule has 0 aliphatic carbocycles. The highest BCUT2D eigenvalue weighted by Crippen LogP contribution is 2.32. The summed E-state index contributed by atoms with van der Waals surface area (Å²) < 4.78 is 5.37. The molecule has 2 saturated heterocycles. The first-order valence-electron chi connectivity index (χ1n) is 6.65. The topological polar surface area (TPSA) is 58.8 Å². The number of amides is 1. The summed E-state index contributed by atoms with van der Waals surface area (Å²) in [6.45, 7) is 6.69. The maximum atomic E-state index is 12.6. The van der Waals surface area contributed by atoms with Crippen LogP contribution in [0.2, 0.25) is 0 Å². The zero-order valence-electron chi connectivity index (χ0n) is 11.8. The highest BCUT2D eigenvalue weighted by atomic mass is 16.5. The van der Waals surface area contributed by atoms with Crippen molar-refractivity contribution < 1.29 is 9.53 Å². The van der Waals surface area contributed by atoms with Crippen molar-refractivity contribution in [2.75, 3.05) is 40.4 Å². The van der Waals surface area contributed by atoms with Gasteiger partial charge in [0, 0.05) is 25.2 Å². The lowest BCUT2D eigenvalue weighted by Crippen LogP contribution is -2.51. The number of likely N-dealkylation sites (N-methyl/N-ethyl adjacent to an activating group) is 1. The third-order valence-electron chi connectivity index (χ3n) is 4.53. The summed E-state index contributed by atoms with van der Waals surface area (Å²) in [7, 11) is 4.14. The maximum absolute atomic E-state index is 12.6. The molecule has 4 atom stereocenters. The summed E-state index contributed by atoms with van der Waals surface area (Å²) in [6, 6.07) is 0.259. The number of hydrogen-bond acceptors (Lipinski definition) is 4. The minimum Gasteiger partial charge on any atom is -0.379 e. The molecule has 5 nitrogen and oxygen atoms in total. The molecular weight excluding hydrogens is 230 g/mol. The van der Waals surface area contributed by atoms with Gasteiger partial charge in [-0.3, -0.25) is 4.79 Å². The molecule has 0 saturated carbocycles. The second kappa shape index (κ2) is 4.79. The van der Waals surface area contributed by atoms with Gasteiger partial charge in [-0.2, -0.15) is 0 Å². The largest absolute Gasteiger partial charge is 0.379 e. The molecule has 0 bridgehead atoms. The lowest BCUT2D eigenvalue weighted by Gasteiger charge is -2.31. The molecule has 2 aliphatic rings. The van der Waals surface area contributed by atoms with Crippen molar-refractivity contribution in [3.63, 3.8) is 0 Å². The Kier molecular flexibility index (Phi) is 3.67. The number of likely N-dealkylation sites (tertiary alicyclic amines) is 1. The highest BCUT2D eigenvalue weighted by Gasteiger charge is 2.48. The first-order valence-corrected chi connectivity index (χ1v) is 6.65. The van der Waals surface area contributed by atoms with E-state index in [1.807, 2.05) is 11.8 Å². The van der Waals surface area contributed by atoms with Crippen molar-refractivity contribution in [3.05, 3.63) is 0 Å². The standard InChI is InChI=1S/C13H25N3O2/c1-9-5-16(6-10(9)15(3)4)12(17)13(2)8-18-7-11(13)14/h9-11H,5-8,14H2,1-4H3. The van der Waals surface area contributed by atoms with Gasteiger partial charge in [-0.25, -0.2) is 0 Å². The predicted octanol–water partition coefficient (Wildman–Crippen LogP) is -0.241. The number of ether oxygens (including phenoxy) is 1. The van der Waals surface area contributed by atoms with Gasteiger partial charge < -0.3 is 20.3 Å². The van der Waals surface area contributed by atoms with Gasteiger partial charge in [-0.1, -0.05) is 6.92 Å². The molecular formula is C13H25N3O2. The Morgan fingerprint density at radius 3 is 2.56 bits per heavy atom. The summed E-state index contributed by atoms with van der Waals surface area (Å²) in [5.74, 6) is 0.662. The fourth-order valence-corrected chi connectivity index (χ4v) is 3.06. The van der Waals surface area contributed by atoms with Crippen molar-refractivity contribution in [3.8, 4) is 0 Å². The number of rotatable bonds is 2. The third-order valence-corrected chi connectivity index (χ3v) is 4.53. The molecule has 0 aromatic rings. The molecule has 2 rings (SSSR count). The fourth-order valence-electron chi connectivity index (χ4n) is 3.06. The van der Waals surface area contributed by atoms with Crippen LogP contribution < -0.4 is 5.73 Å². The third kappa shape index (κ3) is 2.15. The van der Waals surface area contributed by atoms with E-state index in [1.54, 1.807) is 0 Å². The van der Waals surface area contributed by atoms with E-state index in [9.17, 15) is 4.79 Å². The Balaban J connectivity index is 2.07. The fraction of sp³-hybridized carbons (Fsp3) is 0.923. The molecule has 2 aliphatic heterocycles. The van der Waals surface area contributed by atoms with Gasteiger partial charge in [-0.15, -0.1) is 0 Å². The van der Waals surface area contributed by atoms with Gasteiger partial charge in [0.25, 0.3) is 0 Å². The second-order valence-corrected chi connectivity index (χ2v) is 6.26. The van der Waals surface area contributed by atoms with Crippen LogP contribution in [0.25, 0.3) is 0 Å². The van der Waals surface area contributed by atoms with Crippen molar-refractivity contribution in [2.24, 2.45) is 17.1 Å². The van der Waals surface area contributed by atoms with Crippen LogP contribution in [-0.4, -0.2) is 68.2 Å². The normalized spacial score (nSPS) is 40.8. The SMILES string of the molecule is CC1CN(C(=O)C2(C)COCC2N)CC1N(C)C. The maximum Gasteiger partial charge on any atom is 0.232 e. The first kappa shape index (κ1) is 13.8. The van der Waals surface area contributed by atoms with Crippen LogP contribution in [-0.2, 0) is 9.53 Å². The quantitative estimate of drug-likeness (QED) is 0.740. The van der Waals surface area contributed by atoms with E-state index in [-0.39, 0.29) is 11.9 Å². The van der Waals surface area contributed by atoms with Crippen LogP contribution in [0.3, 0.4) is 0 Å². The molecule has 2 N–H and O–H groups in total. The summed E-state index contributed by atoms with van der Waals surface area (Å²) in [6.07, 6.45) is 0. The molecule has 1 amide bonds. The molecule has 104 valence electrons.